The van der Waals surface area contributed by atoms with Gasteiger partial charge in [0, 0.05) is 24.8 Å². The van der Waals surface area contributed by atoms with Crippen molar-refractivity contribution in [1.29, 1.82) is 0 Å². The van der Waals surface area contributed by atoms with E-state index in [2.05, 4.69) is 22.4 Å². The molecule has 3 nitrogen and oxygen atoms in total. The molecular weight excluding hydrogens is 222 g/mol. The van der Waals surface area contributed by atoms with E-state index in [1.165, 1.54) is 5.56 Å². The van der Waals surface area contributed by atoms with Crippen molar-refractivity contribution in [2.45, 2.75) is 6.54 Å². The maximum atomic E-state index is 5.95. The zero-order chi connectivity index (χ0) is 12.8. The van der Waals surface area contributed by atoms with Crippen molar-refractivity contribution in [3.8, 4) is 0 Å². The van der Waals surface area contributed by atoms with Crippen molar-refractivity contribution in [2.24, 2.45) is 4.99 Å². The van der Waals surface area contributed by atoms with Gasteiger partial charge in [0.25, 0.3) is 0 Å². The Morgan fingerprint density at radius 1 is 1.06 bits per heavy atom. The first kappa shape index (κ1) is 12.2. The fourth-order valence-corrected chi connectivity index (χ4v) is 1.79. The molecule has 0 unspecified atom stereocenters. The van der Waals surface area contributed by atoms with Crippen molar-refractivity contribution in [3.05, 3.63) is 65.7 Å². The molecule has 0 aliphatic carbocycles. The Hall–Kier alpha value is -2.29. The van der Waals surface area contributed by atoms with Crippen LogP contribution in [0.3, 0.4) is 0 Å². The van der Waals surface area contributed by atoms with Crippen LogP contribution in [0.25, 0.3) is 0 Å². The molecule has 0 saturated carbocycles. The van der Waals surface area contributed by atoms with Crippen LogP contribution in [0.1, 0.15) is 11.1 Å². The van der Waals surface area contributed by atoms with Gasteiger partial charge in [-0.2, -0.15) is 0 Å². The van der Waals surface area contributed by atoms with E-state index in [0.29, 0.717) is 0 Å². The molecule has 0 bridgehead atoms. The van der Waals surface area contributed by atoms with Crippen molar-refractivity contribution >= 4 is 11.5 Å². The molecule has 0 aliphatic heterocycles. The summed E-state index contributed by atoms with van der Waals surface area (Å²) in [5.74, 6) is 0.817. The summed E-state index contributed by atoms with van der Waals surface area (Å²) < 4.78 is 0. The van der Waals surface area contributed by atoms with Crippen LogP contribution < -0.4 is 11.1 Å². The van der Waals surface area contributed by atoms with Crippen molar-refractivity contribution in [1.82, 2.24) is 5.32 Å². The number of nitrogens with one attached hydrogen (secondary N) is 1. The van der Waals surface area contributed by atoms with Crippen LogP contribution >= 0.6 is 0 Å². The minimum Gasteiger partial charge on any atom is -0.398 e. The molecule has 3 heteroatoms. The standard InChI is InChI=1S/C15H17N3/c1-17-15(13-9-5-6-10-14(13)16)18-11-12-7-3-2-4-8-12/h2-10H,11,16H2,1H3,(H,17,18). The van der Waals surface area contributed by atoms with Gasteiger partial charge >= 0.3 is 0 Å². The molecule has 0 amide bonds. The number of amidine groups is 1. The third-order valence-electron chi connectivity index (χ3n) is 2.74. The van der Waals surface area contributed by atoms with E-state index in [0.717, 1.165) is 23.6 Å². The number of nitrogens with zero attached hydrogens (tertiary/aromatic N) is 1. The fourth-order valence-electron chi connectivity index (χ4n) is 1.79. The molecule has 0 radical (unpaired) electrons. The number of aliphatic imine (C=N–C) groups is 1. The Balaban J connectivity index is 2.10. The number of rotatable bonds is 3. The Kier molecular flexibility index (Phi) is 3.97. The van der Waals surface area contributed by atoms with Crippen molar-refractivity contribution < 1.29 is 0 Å². The number of hydrogen-bond acceptors (Lipinski definition) is 2. The van der Waals surface area contributed by atoms with Crippen molar-refractivity contribution in [3.63, 3.8) is 0 Å². The molecule has 0 aliphatic rings. The molecule has 0 spiro atoms. The number of anilines is 1. The summed E-state index contributed by atoms with van der Waals surface area (Å²) in [5.41, 5.74) is 8.84. The lowest BCUT2D eigenvalue weighted by molar-refractivity contribution is 0.912. The molecule has 0 fully saturated rings. The first-order valence-corrected chi connectivity index (χ1v) is 5.90. The zero-order valence-electron chi connectivity index (χ0n) is 10.4. The molecule has 0 heterocycles. The first-order valence-electron chi connectivity index (χ1n) is 5.90. The van der Waals surface area contributed by atoms with Crippen LogP contribution in [0.4, 0.5) is 5.69 Å². The van der Waals surface area contributed by atoms with E-state index in [4.69, 9.17) is 5.73 Å². The summed E-state index contributed by atoms with van der Waals surface area (Å²) in [4.78, 5) is 4.26. The molecule has 0 aromatic heterocycles. The van der Waals surface area contributed by atoms with Crippen LogP contribution in [0.2, 0.25) is 0 Å². The van der Waals surface area contributed by atoms with E-state index in [1.807, 2.05) is 42.5 Å². The molecule has 0 saturated heterocycles. The second kappa shape index (κ2) is 5.87. The number of nitrogen functional groups attached to an aromatic ring is 1. The Bertz CT molecular complexity index is 532. The Morgan fingerprint density at radius 2 is 1.72 bits per heavy atom. The van der Waals surface area contributed by atoms with Crippen LogP contribution in [0, 0.1) is 0 Å². The number of hydrogen-bond donors (Lipinski definition) is 2. The lowest BCUT2D eigenvalue weighted by atomic mass is 10.1. The van der Waals surface area contributed by atoms with Gasteiger partial charge in [-0.15, -0.1) is 0 Å². The van der Waals surface area contributed by atoms with Crippen LogP contribution in [-0.4, -0.2) is 12.9 Å². The summed E-state index contributed by atoms with van der Waals surface area (Å²) in [6.07, 6.45) is 0. The van der Waals surface area contributed by atoms with Crippen LogP contribution in [0.15, 0.2) is 59.6 Å². The number of para-hydroxylation sites is 1. The highest BCUT2D eigenvalue weighted by molar-refractivity contribution is 6.02. The number of nitrogens with two attached hydrogens (primary N) is 1. The molecule has 2 rings (SSSR count). The minimum absolute atomic E-state index is 0.735. The van der Waals surface area contributed by atoms with Crippen LogP contribution in [0.5, 0.6) is 0 Å². The minimum atomic E-state index is 0.735. The summed E-state index contributed by atoms with van der Waals surface area (Å²) >= 11 is 0. The summed E-state index contributed by atoms with van der Waals surface area (Å²) in [6, 6.07) is 17.9. The van der Waals surface area contributed by atoms with Gasteiger partial charge in [-0.1, -0.05) is 42.5 Å². The van der Waals surface area contributed by atoms with Gasteiger partial charge in [0.15, 0.2) is 0 Å². The fraction of sp³-hybridized carbons (Fsp3) is 0.133. The highest BCUT2D eigenvalue weighted by Crippen LogP contribution is 2.11. The van der Waals surface area contributed by atoms with Crippen LogP contribution in [-0.2, 0) is 6.54 Å². The second-order valence-electron chi connectivity index (χ2n) is 4.00. The number of benzene rings is 2. The predicted octanol–water partition coefficient (Wildman–Crippen LogP) is 2.43. The SMILES string of the molecule is CN=C(NCc1ccccc1)c1ccccc1N. The van der Waals surface area contributed by atoms with E-state index in [1.54, 1.807) is 7.05 Å². The molecule has 18 heavy (non-hydrogen) atoms. The predicted molar refractivity (Wildman–Crippen MR) is 76.6 cm³/mol. The van der Waals surface area contributed by atoms with Gasteiger partial charge in [-0.05, 0) is 17.7 Å². The van der Waals surface area contributed by atoms with Gasteiger partial charge in [-0.3, -0.25) is 4.99 Å². The van der Waals surface area contributed by atoms with E-state index >= 15 is 0 Å². The summed E-state index contributed by atoms with van der Waals surface area (Å²) in [7, 11) is 1.76. The lowest BCUT2D eigenvalue weighted by Crippen LogP contribution is -2.24. The highest BCUT2D eigenvalue weighted by Gasteiger charge is 2.05. The van der Waals surface area contributed by atoms with E-state index in [9.17, 15) is 0 Å². The third kappa shape index (κ3) is 2.88. The lowest BCUT2D eigenvalue weighted by Gasteiger charge is -2.11. The average molecular weight is 239 g/mol. The molecular formula is C15H17N3. The molecule has 0 atom stereocenters. The molecule has 3 N–H and O–H groups in total. The van der Waals surface area contributed by atoms with Gasteiger partial charge in [-0.25, -0.2) is 0 Å². The maximum absolute atomic E-state index is 5.95. The topological polar surface area (TPSA) is 50.4 Å². The largest absolute Gasteiger partial charge is 0.398 e. The van der Waals surface area contributed by atoms with E-state index in [-0.39, 0.29) is 0 Å². The monoisotopic (exact) mass is 239 g/mol. The zero-order valence-corrected chi connectivity index (χ0v) is 10.4. The molecule has 2 aromatic rings. The highest BCUT2D eigenvalue weighted by atomic mass is 15.0. The van der Waals surface area contributed by atoms with Gasteiger partial charge in [0.05, 0.1) is 0 Å². The van der Waals surface area contributed by atoms with Gasteiger partial charge in [0.2, 0.25) is 0 Å². The van der Waals surface area contributed by atoms with Crippen molar-refractivity contribution in [2.75, 3.05) is 12.8 Å². The normalized spacial score (nSPS) is 11.3. The quantitative estimate of drug-likeness (QED) is 0.491. The van der Waals surface area contributed by atoms with Gasteiger partial charge < -0.3 is 11.1 Å². The van der Waals surface area contributed by atoms with Gasteiger partial charge in [0.1, 0.15) is 5.84 Å². The average Bonchev–Trinajstić information content (AvgIpc) is 2.42. The van der Waals surface area contributed by atoms with E-state index < -0.39 is 0 Å². The molecule has 2 aromatic carbocycles. The summed E-state index contributed by atoms with van der Waals surface area (Å²) in [5, 5.41) is 3.31. The maximum Gasteiger partial charge on any atom is 0.130 e. The second-order valence-corrected chi connectivity index (χ2v) is 4.00. The molecule has 92 valence electrons. The summed E-state index contributed by atoms with van der Waals surface area (Å²) in [6.45, 7) is 0.738. The Labute approximate surface area is 107 Å². The third-order valence-corrected chi connectivity index (χ3v) is 2.74. The smallest absolute Gasteiger partial charge is 0.130 e. The first-order chi connectivity index (χ1) is 8.81. The Morgan fingerprint density at radius 3 is 2.39 bits per heavy atom.